The predicted octanol–water partition coefficient (Wildman–Crippen LogP) is 1.27. The number of carbonyl (C=O) groups is 1. The fourth-order valence-corrected chi connectivity index (χ4v) is 3.10. The molecule has 3 fully saturated rings. The van der Waals surface area contributed by atoms with E-state index in [1.54, 1.807) is 0 Å². The second-order valence-electron chi connectivity index (χ2n) is 4.62. The Kier molecular flexibility index (Phi) is 1.48. The van der Waals surface area contributed by atoms with Gasteiger partial charge >= 0.3 is 5.97 Å². The molecule has 3 rings (SSSR count). The predicted molar refractivity (Wildman–Crippen MR) is 45.2 cm³/mol. The van der Waals surface area contributed by atoms with Gasteiger partial charge in [-0.05, 0) is 37.5 Å². The Bertz CT molecular complexity index is 251. The van der Waals surface area contributed by atoms with Gasteiger partial charge in [0, 0.05) is 0 Å². The van der Waals surface area contributed by atoms with Crippen LogP contribution in [0.3, 0.4) is 0 Å². The summed E-state index contributed by atoms with van der Waals surface area (Å²) in [6.45, 7) is 0. The molecule has 72 valence electrons. The molecule has 5 unspecified atom stereocenters. The van der Waals surface area contributed by atoms with Crippen LogP contribution in [0.2, 0.25) is 0 Å². The highest BCUT2D eigenvalue weighted by Gasteiger charge is 2.55. The molecule has 2 saturated heterocycles. The molecule has 2 aliphatic heterocycles. The fourth-order valence-electron chi connectivity index (χ4n) is 3.10. The second kappa shape index (κ2) is 2.47. The number of carboxylic acids is 1. The van der Waals surface area contributed by atoms with Gasteiger partial charge in [0.25, 0.3) is 0 Å². The summed E-state index contributed by atoms with van der Waals surface area (Å²) < 4.78 is 5.72. The van der Waals surface area contributed by atoms with Crippen molar-refractivity contribution < 1.29 is 14.6 Å². The summed E-state index contributed by atoms with van der Waals surface area (Å²) in [5.41, 5.74) is 0. The lowest BCUT2D eigenvalue weighted by atomic mass is 9.85. The average molecular weight is 182 g/mol. The molecule has 0 aromatic rings. The molecule has 3 heteroatoms. The van der Waals surface area contributed by atoms with Crippen molar-refractivity contribution in [3.05, 3.63) is 0 Å². The fraction of sp³-hybridized carbons (Fsp3) is 0.900. The highest BCUT2D eigenvalue weighted by Crippen LogP contribution is 2.54. The molecule has 0 amide bonds. The molecule has 0 aromatic carbocycles. The zero-order valence-electron chi connectivity index (χ0n) is 7.48. The van der Waals surface area contributed by atoms with Crippen molar-refractivity contribution in [3.8, 4) is 0 Å². The maximum Gasteiger partial charge on any atom is 0.306 e. The summed E-state index contributed by atoms with van der Waals surface area (Å²) in [4.78, 5) is 10.7. The minimum absolute atomic E-state index is 0.0482. The smallest absolute Gasteiger partial charge is 0.306 e. The zero-order chi connectivity index (χ0) is 9.00. The Hall–Kier alpha value is -0.570. The van der Waals surface area contributed by atoms with Crippen LogP contribution in [-0.4, -0.2) is 23.3 Å². The van der Waals surface area contributed by atoms with Crippen LogP contribution in [0, 0.1) is 17.8 Å². The zero-order valence-corrected chi connectivity index (χ0v) is 7.48. The van der Waals surface area contributed by atoms with Crippen LogP contribution in [0.15, 0.2) is 0 Å². The van der Waals surface area contributed by atoms with Crippen LogP contribution in [0.1, 0.15) is 25.7 Å². The number of hydrogen-bond donors (Lipinski definition) is 1. The lowest BCUT2D eigenvalue weighted by Gasteiger charge is -2.17. The number of hydrogen-bond acceptors (Lipinski definition) is 2. The van der Waals surface area contributed by atoms with Crippen LogP contribution in [0.4, 0.5) is 0 Å². The number of ether oxygens (including phenoxy) is 1. The Morgan fingerprint density at radius 3 is 2.54 bits per heavy atom. The normalized spacial score (nSPS) is 52.5. The first-order valence-corrected chi connectivity index (χ1v) is 5.14. The summed E-state index contributed by atoms with van der Waals surface area (Å²) >= 11 is 0. The second-order valence-corrected chi connectivity index (χ2v) is 4.62. The quantitative estimate of drug-likeness (QED) is 0.699. The lowest BCUT2D eigenvalue weighted by molar-refractivity contribution is -0.139. The summed E-state index contributed by atoms with van der Waals surface area (Å²) in [5.74, 6) is 0.355. The molecular weight excluding hydrogens is 168 g/mol. The van der Waals surface area contributed by atoms with Gasteiger partial charge in [0.1, 0.15) is 0 Å². The number of rotatable bonds is 2. The van der Waals surface area contributed by atoms with Crippen molar-refractivity contribution >= 4 is 5.97 Å². The van der Waals surface area contributed by atoms with Crippen molar-refractivity contribution in [2.75, 3.05) is 0 Å². The van der Waals surface area contributed by atoms with Crippen LogP contribution in [-0.2, 0) is 9.53 Å². The first kappa shape index (κ1) is 7.80. The van der Waals surface area contributed by atoms with Gasteiger partial charge in [-0.1, -0.05) is 0 Å². The first-order chi connectivity index (χ1) is 6.25. The third kappa shape index (κ3) is 1.10. The first-order valence-electron chi connectivity index (χ1n) is 5.14. The molecule has 2 bridgehead atoms. The van der Waals surface area contributed by atoms with E-state index < -0.39 is 5.97 Å². The van der Waals surface area contributed by atoms with Crippen molar-refractivity contribution in [1.29, 1.82) is 0 Å². The van der Waals surface area contributed by atoms with E-state index in [4.69, 9.17) is 9.84 Å². The highest BCUT2D eigenvalue weighted by molar-refractivity contribution is 5.73. The summed E-state index contributed by atoms with van der Waals surface area (Å²) in [7, 11) is 0. The third-order valence-corrected chi connectivity index (χ3v) is 3.86. The van der Waals surface area contributed by atoms with E-state index in [-0.39, 0.29) is 5.92 Å². The maximum absolute atomic E-state index is 10.7. The van der Waals surface area contributed by atoms with Gasteiger partial charge in [-0.25, -0.2) is 0 Å². The van der Waals surface area contributed by atoms with E-state index >= 15 is 0 Å². The largest absolute Gasteiger partial charge is 0.481 e. The Morgan fingerprint density at radius 2 is 2.08 bits per heavy atom. The molecule has 1 saturated carbocycles. The van der Waals surface area contributed by atoms with E-state index in [1.165, 1.54) is 6.42 Å². The lowest BCUT2D eigenvalue weighted by Crippen LogP contribution is -2.20. The van der Waals surface area contributed by atoms with Crippen LogP contribution >= 0.6 is 0 Å². The molecular formula is C10H14O3. The molecule has 13 heavy (non-hydrogen) atoms. The third-order valence-electron chi connectivity index (χ3n) is 3.86. The standard InChI is InChI=1S/C10H14O3/c11-10(12)8-4-6(8)7-3-5-1-2-9(7)13-5/h5-9H,1-4H2,(H,11,12). The Labute approximate surface area is 77.1 Å². The van der Waals surface area contributed by atoms with Crippen LogP contribution < -0.4 is 0 Å². The maximum atomic E-state index is 10.7. The Balaban J connectivity index is 1.66. The molecule has 0 aromatic heterocycles. The molecule has 2 heterocycles. The Morgan fingerprint density at radius 1 is 1.23 bits per heavy atom. The average Bonchev–Trinajstić information content (AvgIpc) is 2.64. The minimum atomic E-state index is -0.604. The highest BCUT2D eigenvalue weighted by atomic mass is 16.5. The molecule has 0 radical (unpaired) electrons. The topological polar surface area (TPSA) is 46.5 Å². The van der Waals surface area contributed by atoms with Gasteiger partial charge in [0.15, 0.2) is 0 Å². The monoisotopic (exact) mass is 182 g/mol. The minimum Gasteiger partial charge on any atom is -0.481 e. The molecule has 1 aliphatic carbocycles. The van der Waals surface area contributed by atoms with E-state index in [1.807, 2.05) is 0 Å². The summed E-state index contributed by atoms with van der Waals surface area (Å²) in [6, 6.07) is 0. The SMILES string of the molecule is O=C(O)C1CC1C1CC2CCC1O2. The van der Waals surface area contributed by atoms with Gasteiger partial charge in [0.2, 0.25) is 0 Å². The number of fused-ring (bicyclic) bond motifs is 2. The van der Waals surface area contributed by atoms with Crippen molar-refractivity contribution in [3.63, 3.8) is 0 Å². The van der Waals surface area contributed by atoms with Crippen LogP contribution in [0.5, 0.6) is 0 Å². The van der Waals surface area contributed by atoms with E-state index in [0.29, 0.717) is 24.0 Å². The summed E-state index contributed by atoms with van der Waals surface area (Å²) in [5, 5.41) is 8.81. The van der Waals surface area contributed by atoms with Gasteiger partial charge in [-0.15, -0.1) is 0 Å². The van der Waals surface area contributed by atoms with Crippen molar-refractivity contribution in [2.24, 2.45) is 17.8 Å². The van der Waals surface area contributed by atoms with Gasteiger partial charge in [-0.3, -0.25) is 4.79 Å². The van der Waals surface area contributed by atoms with E-state index in [0.717, 1.165) is 19.3 Å². The van der Waals surface area contributed by atoms with Gasteiger partial charge in [0.05, 0.1) is 18.1 Å². The van der Waals surface area contributed by atoms with Crippen LogP contribution in [0.25, 0.3) is 0 Å². The molecule has 3 nitrogen and oxygen atoms in total. The number of aliphatic carboxylic acids is 1. The van der Waals surface area contributed by atoms with E-state index in [2.05, 4.69) is 0 Å². The van der Waals surface area contributed by atoms with Crippen molar-refractivity contribution in [2.45, 2.75) is 37.9 Å². The molecule has 3 aliphatic rings. The van der Waals surface area contributed by atoms with E-state index in [9.17, 15) is 4.79 Å². The van der Waals surface area contributed by atoms with Crippen molar-refractivity contribution in [1.82, 2.24) is 0 Å². The van der Waals surface area contributed by atoms with Gasteiger partial charge < -0.3 is 9.84 Å². The molecule has 1 N–H and O–H groups in total. The van der Waals surface area contributed by atoms with Gasteiger partial charge in [-0.2, -0.15) is 0 Å². The molecule has 0 spiro atoms. The number of carboxylic acid groups (broad SMARTS) is 1. The molecule has 5 atom stereocenters. The summed E-state index contributed by atoms with van der Waals surface area (Å²) in [6.07, 6.45) is 5.25.